The fourth-order valence-corrected chi connectivity index (χ4v) is 1.60. The van der Waals surface area contributed by atoms with Crippen molar-refractivity contribution in [3.8, 4) is 0 Å². The Balaban J connectivity index is 2.05. The van der Waals surface area contributed by atoms with E-state index < -0.39 is 5.97 Å². The van der Waals surface area contributed by atoms with E-state index in [1.54, 1.807) is 20.0 Å². The van der Waals surface area contributed by atoms with Crippen molar-refractivity contribution in [2.75, 3.05) is 17.7 Å². The Labute approximate surface area is 115 Å². The number of nitrogens with zero attached hydrogens (tertiary/aromatic N) is 3. The van der Waals surface area contributed by atoms with Gasteiger partial charge in [-0.05, 0) is 13.8 Å². The number of nitrogen functional groups attached to an aromatic ring is 1. The molecule has 0 fully saturated rings. The van der Waals surface area contributed by atoms with Crippen LogP contribution in [0.25, 0.3) is 0 Å². The highest BCUT2D eigenvalue weighted by molar-refractivity contribution is 5.90. The maximum atomic E-state index is 11.6. The van der Waals surface area contributed by atoms with Gasteiger partial charge in [0, 0.05) is 18.3 Å². The molecule has 0 aromatic carbocycles. The second-order valence-corrected chi connectivity index (χ2v) is 4.08. The average Bonchev–Trinajstić information content (AvgIpc) is 2.82. The lowest BCUT2D eigenvalue weighted by atomic mass is 10.2. The highest BCUT2D eigenvalue weighted by Crippen LogP contribution is 2.11. The molecule has 0 aliphatic heterocycles. The zero-order chi connectivity index (χ0) is 14.5. The van der Waals surface area contributed by atoms with Gasteiger partial charge in [-0.2, -0.15) is 5.10 Å². The number of rotatable bonds is 5. The van der Waals surface area contributed by atoms with Crippen molar-refractivity contribution in [2.24, 2.45) is 0 Å². The lowest BCUT2D eigenvalue weighted by Gasteiger charge is -2.07. The molecule has 0 aliphatic carbocycles. The summed E-state index contributed by atoms with van der Waals surface area (Å²) in [4.78, 5) is 19.9. The number of esters is 1. The standard InChI is InChI=1S/C12H16N6O2/c1-3-20-11(19)9-6-15-12(17-7(9)2)14-4-8-5-16-18-10(8)13/h5-6H,3-4H2,1-2H3,(H3,13,16,18)(H,14,15,17). The summed E-state index contributed by atoms with van der Waals surface area (Å²) in [6, 6.07) is 0. The van der Waals surface area contributed by atoms with Crippen molar-refractivity contribution in [3.63, 3.8) is 0 Å². The van der Waals surface area contributed by atoms with Gasteiger partial charge in [-0.1, -0.05) is 0 Å². The first kappa shape index (κ1) is 13.8. The summed E-state index contributed by atoms with van der Waals surface area (Å²) in [5.41, 5.74) is 7.41. The maximum Gasteiger partial charge on any atom is 0.341 e. The Morgan fingerprint density at radius 2 is 2.30 bits per heavy atom. The van der Waals surface area contributed by atoms with Crippen LogP contribution in [0.4, 0.5) is 11.8 Å². The molecule has 0 saturated heterocycles. The molecule has 0 aliphatic rings. The van der Waals surface area contributed by atoms with Crippen LogP contribution in [0.5, 0.6) is 0 Å². The van der Waals surface area contributed by atoms with Crippen LogP contribution in [-0.2, 0) is 11.3 Å². The first-order chi connectivity index (χ1) is 9.61. The number of aromatic amines is 1. The predicted molar refractivity (Wildman–Crippen MR) is 73.1 cm³/mol. The molecule has 2 aromatic heterocycles. The Kier molecular flexibility index (Phi) is 4.14. The first-order valence-electron chi connectivity index (χ1n) is 6.14. The number of carbonyl (C=O) groups is 1. The van der Waals surface area contributed by atoms with Crippen molar-refractivity contribution in [3.05, 3.63) is 29.2 Å². The fourth-order valence-electron chi connectivity index (χ4n) is 1.60. The Bertz CT molecular complexity index is 610. The van der Waals surface area contributed by atoms with Crippen LogP contribution in [0.2, 0.25) is 0 Å². The van der Waals surface area contributed by atoms with E-state index in [4.69, 9.17) is 10.5 Å². The zero-order valence-electron chi connectivity index (χ0n) is 11.3. The van der Waals surface area contributed by atoms with Crippen LogP contribution >= 0.6 is 0 Å². The van der Waals surface area contributed by atoms with E-state index in [9.17, 15) is 4.79 Å². The molecular formula is C12H16N6O2. The Morgan fingerprint density at radius 1 is 1.50 bits per heavy atom. The minimum atomic E-state index is -0.421. The molecule has 0 atom stereocenters. The number of aromatic nitrogens is 4. The van der Waals surface area contributed by atoms with Crippen LogP contribution in [0, 0.1) is 6.92 Å². The number of H-pyrrole nitrogens is 1. The SMILES string of the molecule is CCOC(=O)c1cnc(NCc2cn[nH]c2N)nc1C. The normalized spacial score (nSPS) is 10.3. The number of hydrogen-bond acceptors (Lipinski definition) is 7. The minimum Gasteiger partial charge on any atom is -0.462 e. The molecule has 0 radical (unpaired) electrons. The fraction of sp³-hybridized carbons (Fsp3) is 0.333. The summed E-state index contributed by atoms with van der Waals surface area (Å²) in [6.07, 6.45) is 3.07. The summed E-state index contributed by atoms with van der Waals surface area (Å²) >= 11 is 0. The molecule has 8 heteroatoms. The Hall–Kier alpha value is -2.64. The van der Waals surface area contributed by atoms with Crippen LogP contribution < -0.4 is 11.1 Å². The van der Waals surface area contributed by atoms with Crippen LogP contribution in [0.1, 0.15) is 28.5 Å². The van der Waals surface area contributed by atoms with E-state index in [1.807, 2.05) is 0 Å². The number of aryl methyl sites for hydroxylation is 1. The van der Waals surface area contributed by atoms with E-state index in [-0.39, 0.29) is 0 Å². The molecule has 2 heterocycles. The molecule has 4 N–H and O–H groups in total. The van der Waals surface area contributed by atoms with Gasteiger partial charge < -0.3 is 15.8 Å². The summed E-state index contributed by atoms with van der Waals surface area (Å²) in [5.74, 6) is 0.490. The number of nitrogens with two attached hydrogens (primary N) is 1. The molecule has 2 aromatic rings. The van der Waals surface area contributed by atoms with Gasteiger partial charge in [0.1, 0.15) is 5.82 Å². The van der Waals surface area contributed by atoms with Gasteiger partial charge in [0.25, 0.3) is 0 Å². The third-order valence-corrected chi connectivity index (χ3v) is 2.66. The van der Waals surface area contributed by atoms with Gasteiger partial charge >= 0.3 is 5.97 Å². The van der Waals surface area contributed by atoms with Gasteiger partial charge in [-0.25, -0.2) is 14.8 Å². The lowest BCUT2D eigenvalue weighted by molar-refractivity contribution is 0.0524. The van der Waals surface area contributed by atoms with Crippen LogP contribution in [0.3, 0.4) is 0 Å². The van der Waals surface area contributed by atoms with Crippen molar-refractivity contribution in [1.82, 2.24) is 20.2 Å². The first-order valence-corrected chi connectivity index (χ1v) is 6.14. The molecule has 106 valence electrons. The molecule has 2 rings (SSSR count). The van der Waals surface area contributed by atoms with Gasteiger partial charge in [0.2, 0.25) is 5.95 Å². The van der Waals surface area contributed by atoms with Gasteiger partial charge in [-0.15, -0.1) is 0 Å². The summed E-state index contributed by atoms with van der Waals surface area (Å²) in [5, 5.41) is 9.47. The molecule has 0 saturated carbocycles. The number of nitrogens with one attached hydrogen (secondary N) is 2. The molecule has 0 spiro atoms. The second-order valence-electron chi connectivity index (χ2n) is 4.08. The van der Waals surface area contributed by atoms with Gasteiger partial charge in [0.15, 0.2) is 0 Å². The highest BCUT2D eigenvalue weighted by atomic mass is 16.5. The van der Waals surface area contributed by atoms with E-state index in [0.29, 0.717) is 36.2 Å². The van der Waals surface area contributed by atoms with Gasteiger partial charge in [-0.3, -0.25) is 5.10 Å². The quantitative estimate of drug-likeness (QED) is 0.693. The van der Waals surface area contributed by atoms with Gasteiger partial charge in [0.05, 0.1) is 24.1 Å². The van der Waals surface area contributed by atoms with Crippen molar-refractivity contribution >= 4 is 17.7 Å². The molecule has 0 amide bonds. The van der Waals surface area contributed by atoms with E-state index in [1.165, 1.54) is 6.20 Å². The third kappa shape index (κ3) is 3.02. The Morgan fingerprint density at radius 3 is 2.90 bits per heavy atom. The number of anilines is 2. The summed E-state index contributed by atoms with van der Waals surface area (Å²) < 4.78 is 4.91. The topological polar surface area (TPSA) is 119 Å². The van der Waals surface area contributed by atoms with Crippen molar-refractivity contribution in [2.45, 2.75) is 20.4 Å². The van der Waals surface area contributed by atoms with E-state index in [2.05, 4.69) is 25.5 Å². The monoisotopic (exact) mass is 276 g/mol. The number of hydrogen-bond donors (Lipinski definition) is 3. The van der Waals surface area contributed by atoms with Crippen molar-refractivity contribution in [1.29, 1.82) is 0 Å². The lowest BCUT2D eigenvalue weighted by Crippen LogP contribution is -2.11. The van der Waals surface area contributed by atoms with E-state index >= 15 is 0 Å². The minimum absolute atomic E-state index is 0.318. The molecule has 0 unspecified atom stereocenters. The maximum absolute atomic E-state index is 11.6. The highest BCUT2D eigenvalue weighted by Gasteiger charge is 2.12. The van der Waals surface area contributed by atoms with Crippen LogP contribution in [0.15, 0.2) is 12.4 Å². The largest absolute Gasteiger partial charge is 0.462 e. The molecule has 20 heavy (non-hydrogen) atoms. The second kappa shape index (κ2) is 6.00. The third-order valence-electron chi connectivity index (χ3n) is 2.66. The molecule has 0 bridgehead atoms. The molecule has 8 nitrogen and oxygen atoms in total. The predicted octanol–water partition coefficient (Wildman–Crippen LogP) is 0.879. The summed E-state index contributed by atoms with van der Waals surface area (Å²) in [6.45, 7) is 4.24. The van der Waals surface area contributed by atoms with Crippen LogP contribution in [-0.4, -0.2) is 32.7 Å². The van der Waals surface area contributed by atoms with E-state index in [0.717, 1.165) is 5.56 Å². The number of carbonyl (C=O) groups excluding carboxylic acids is 1. The summed E-state index contributed by atoms with van der Waals surface area (Å²) in [7, 11) is 0. The average molecular weight is 276 g/mol. The molecular weight excluding hydrogens is 260 g/mol. The zero-order valence-corrected chi connectivity index (χ0v) is 11.3. The smallest absolute Gasteiger partial charge is 0.341 e. The van der Waals surface area contributed by atoms with Crippen molar-refractivity contribution < 1.29 is 9.53 Å². The number of ether oxygens (including phenoxy) is 1.